The summed E-state index contributed by atoms with van der Waals surface area (Å²) in [7, 11) is 0. The largest absolute Gasteiger partial charge is 0.385 e. The van der Waals surface area contributed by atoms with Crippen molar-refractivity contribution in [3.8, 4) is 6.07 Å². The number of carbonyl (C=O) groups excluding carboxylic acids is 1. The van der Waals surface area contributed by atoms with Gasteiger partial charge in [-0.05, 0) is 35.1 Å². The molecule has 4 rings (SSSR count). The van der Waals surface area contributed by atoms with Crippen LogP contribution in [0.4, 0.5) is 0 Å². The normalized spacial score (nSPS) is 21.0. The fourth-order valence-corrected chi connectivity index (χ4v) is 4.33. The maximum Gasteiger partial charge on any atom is 0.162 e. The molecule has 1 aliphatic carbocycles. The number of allylic oxidation sites excluding steroid dienone is 3. The molecule has 4 nitrogen and oxygen atoms in total. The molecule has 4 heteroatoms. The molecule has 2 aliphatic rings. The minimum absolute atomic E-state index is 0.0946. The van der Waals surface area contributed by atoms with Gasteiger partial charge in [-0.2, -0.15) is 5.26 Å². The molecule has 140 valence electrons. The minimum atomic E-state index is -0.241. The molecule has 2 aromatic carbocycles. The first-order valence-electron chi connectivity index (χ1n) is 9.48. The van der Waals surface area contributed by atoms with E-state index in [1.165, 1.54) is 0 Å². The van der Waals surface area contributed by atoms with Gasteiger partial charge in [-0.25, -0.2) is 0 Å². The highest BCUT2D eigenvalue weighted by Crippen LogP contribution is 2.48. The van der Waals surface area contributed by atoms with E-state index in [9.17, 15) is 4.79 Å². The molecule has 0 fully saturated rings. The van der Waals surface area contributed by atoms with Crippen LogP contribution in [-0.4, -0.2) is 5.78 Å². The molecule has 3 N–H and O–H groups in total. The molecule has 28 heavy (non-hydrogen) atoms. The number of dihydropyridines is 1. The van der Waals surface area contributed by atoms with Crippen LogP contribution in [0, 0.1) is 16.7 Å². The number of nitrogens with zero attached hydrogens (tertiary/aromatic N) is 1. The fourth-order valence-electron chi connectivity index (χ4n) is 4.33. The van der Waals surface area contributed by atoms with E-state index in [0.717, 1.165) is 34.4 Å². The first kappa shape index (κ1) is 18.1. The summed E-state index contributed by atoms with van der Waals surface area (Å²) in [5, 5.41) is 12.5. The van der Waals surface area contributed by atoms with Crippen LogP contribution in [0.25, 0.3) is 5.57 Å². The van der Waals surface area contributed by atoms with Gasteiger partial charge in [0.2, 0.25) is 0 Å². The molecule has 1 unspecified atom stereocenters. The van der Waals surface area contributed by atoms with Gasteiger partial charge in [0.05, 0.1) is 11.6 Å². The molecular formula is C24H23N3O. The van der Waals surface area contributed by atoms with E-state index in [2.05, 4.69) is 25.2 Å². The topological polar surface area (TPSA) is 78.9 Å². The zero-order chi connectivity index (χ0) is 19.9. The predicted octanol–water partition coefficient (Wildman–Crippen LogP) is 4.22. The third-order valence-corrected chi connectivity index (χ3v) is 5.53. The van der Waals surface area contributed by atoms with E-state index in [1.807, 2.05) is 42.5 Å². The number of nitrogens with one attached hydrogen (secondary N) is 1. The van der Waals surface area contributed by atoms with E-state index < -0.39 is 0 Å². The van der Waals surface area contributed by atoms with Crippen molar-refractivity contribution >= 4 is 11.4 Å². The van der Waals surface area contributed by atoms with E-state index in [-0.39, 0.29) is 17.1 Å². The number of nitrogens with two attached hydrogens (primary N) is 1. The lowest BCUT2D eigenvalue weighted by atomic mass is 9.68. The molecule has 0 radical (unpaired) electrons. The SMILES string of the molecule is CC1(C)CC(=O)C2=C(C1)NC(N)=C(c1ccccc1)C2c1ccc(C#N)cc1. The van der Waals surface area contributed by atoms with Gasteiger partial charge >= 0.3 is 0 Å². The Morgan fingerprint density at radius 2 is 1.71 bits per heavy atom. The summed E-state index contributed by atoms with van der Waals surface area (Å²) in [4.78, 5) is 13.2. The molecule has 1 atom stereocenters. The summed E-state index contributed by atoms with van der Waals surface area (Å²) in [6, 6.07) is 19.6. The number of Topliss-reactive ketones (excluding diaryl/α,β-unsaturated/α-hetero) is 1. The van der Waals surface area contributed by atoms with Gasteiger partial charge in [0.15, 0.2) is 5.78 Å². The van der Waals surface area contributed by atoms with Gasteiger partial charge in [-0.3, -0.25) is 4.79 Å². The second-order valence-electron chi connectivity index (χ2n) is 8.32. The standard InChI is InChI=1S/C24H23N3O/c1-24(2)12-18-22(19(28)13-24)20(17-10-8-15(14-25)9-11-17)21(23(26)27-18)16-6-4-3-5-7-16/h3-11,20,27H,12-13,26H2,1-2H3. The van der Waals surface area contributed by atoms with Gasteiger partial charge in [0, 0.05) is 29.2 Å². The smallest absolute Gasteiger partial charge is 0.162 e. The molecule has 0 saturated carbocycles. The van der Waals surface area contributed by atoms with Crippen LogP contribution >= 0.6 is 0 Å². The Morgan fingerprint density at radius 3 is 2.36 bits per heavy atom. The third kappa shape index (κ3) is 3.10. The molecule has 0 bridgehead atoms. The van der Waals surface area contributed by atoms with Crippen LogP contribution in [0.5, 0.6) is 0 Å². The molecule has 0 amide bonds. The van der Waals surface area contributed by atoms with Crippen LogP contribution in [0.2, 0.25) is 0 Å². The van der Waals surface area contributed by atoms with Crippen molar-refractivity contribution in [2.45, 2.75) is 32.6 Å². The van der Waals surface area contributed by atoms with Crippen LogP contribution < -0.4 is 11.1 Å². The number of carbonyl (C=O) groups is 1. The lowest BCUT2D eigenvalue weighted by Gasteiger charge is -2.40. The Balaban J connectivity index is 1.92. The van der Waals surface area contributed by atoms with Crippen LogP contribution in [-0.2, 0) is 4.79 Å². The zero-order valence-electron chi connectivity index (χ0n) is 16.1. The summed E-state index contributed by atoms with van der Waals surface area (Å²) < 4.78 is 0. The van der Waals surface area contributed by atoms with E-state index in [4.69, 9.17) is 11.0 Å². The first-order valence-corrected chi connectivity index (χ1v) is 9.48. The van der Waals surface area contributed by atoms with Gasteiger partial charge in [-0.15, -0.1) is 0 Å². The Bertz CT molecular complexity index is 1040. The molecule has 0 aromatic heterocycles. The fraction of sp³-hybridized carbons (Fsp3) is 0.250. The first-order chi connectivity index (χ1) is 13.4. The summed E-state index contributed by atoms with van der Waals surface area (Å²) in [5.74, 6) is 0.508. The Hall–Kier alpha value is -3.32. The monoisotopic (exact) mass is 369 g/mol. The lowest BCUT2D eigenvalue weighted by Crippen LogP contribution is -2.39. The molecule has 1 heterocycles. The molecule has 1 aliphatic heterocycles. The minimum Gasteiger partial charge on any atom is -0.385 e. The molecular weight excluding hydrogens is 346 g/mol. The number of benzene rings is 2. The number of hydrogen-bond acceptors (Lipinski definition) is 4. The van der Waals surface area contributed by atoms with Crippen molar-refractivity contribution in [2.24, 2.45) is 11.1 Å². The summed E-state index contributed by atoms with van der Waals surface area (Å²) in [5.41, 5.74) is 11.6. The predicted molar refractivity (Wildman–Crippen MR) is 110 cm³/mol. The van der Waals surface area contributed by atoms with E-state index >= 15 is 0 Å². The highest BCUT2D eigenvalue weighted by Gasteiger charge is 2.41. The summed E-state index contributed by atoms with van der Waals surface area (Å²) in [6.45, 7) is 4.22. The maximum atomic E-state index is 13.2. The average molecular weight is 369 g/mol. The maximum absolute atomic E-state index is 13.2. The highest BCUT2D eigenvalue weighted by molar-refractivity contribution is 6.03. The van der Waals surface area contributed by atoms with Gasteiger partial charge < -0.3 is 11.1 Å². The Labute approximate surface area is 165 Å². The third-order valence-electron chi connectivity index (χ3n) is 5.53. The van der Waals surface area contributed by atoms with Crippen LogP contribution in [0.1, 0.15) is 49.3 Å². The quantitative estimate of drug-likeness (QED) is 0.831. The second kappa shape index (κ2) is 6.69. The number of rotatable bonds is 2. The van der Waals surface area contributed by atoms with Gasteiger partial charge in [0.1, 0.15) is 5.82 Å². The molecule has 0 saturated heterocycles. The number of ketones is 1. The van der Waals surface area contributed by atoms with Crippen molar-refractivity contribution in [3.05, 3.63) is 88.4 Å². The highest BCUT2D eigenvalue weighted by atomic mass is 16.1. The second-order valence-corrected chi connectivity index (χ2v) is 8.32. The molecule has 2 aromatic rings. The van der Waals surface area contributed by atoms with Crippen molar-refractivity contribution < 1.29 is 4.79 Å². The van der Waals surface area contributed by atoms with Crippen molar-refractivity contribution in [2.75, 3.05) is 0 Å². The van der Waals surface area contributed by atoms with Crippen molar-refractivity contribution in [1.82, 2.24) is 5.32 Å². The summed E-state index contributed by atoms with van der Waals surface area (Å²) in [6.07, 6.45) is 1.30. The number of nitriles is 1. The van der Waals surface area contributed by atoms with Crippen molar-refractivity contribution in [1.29, 1.82) is 5.26 Å². The van der Waals surface area contributed by atoms with Crippen LogP contribution in [0.15, 0.2) is 71.7 Å². The Morgan fingerprint density at radius 1 is 1.04 bits per heavy atom. The lowest BCUT2D eigenvalue weighted by molar-refractivity contribution is -0.118. The molecule has 0 spiro atoms. The zero-order valence-corrected chi connectivity index (χ0v) is 16.1. The average Bonchev–Trinajstić information content (AvgIpc) is 2.66. The van der Waals surface area contributed by atoms with E-state index in [0.29, 0.717) is 17.8 Å². The van der Waals surface area contributed by atoms with E-state index in [1.54, 1.807) is 12.1 Å². The van der Waals surface area contributed by atoms with Crippen molar-refractivity contribution in [3.63, 3.8) is 0 Å². The van der Waals surface area contributed by atoms with Crippen LogP contribution in [0.3, 0.4) is 0 Å². The summed E-state index contributed by atoms with van der Waals surface area (Å²) >= 11 is 0. The van der Waals surface area contributed by atoms with Gasteiger partial charge in [-0.1, -0.05) is 56.3 Å². The number of hydrogen-bond donors (Lipinski definition) is 2. The Kier molecular flexibility index (Phi) is 4.31. The van der Waals surface area contributed by atoms with Gasteiger partial charge in [0.25, 0.3) is 0 Å².